The lowest BCUT2D eigenvalue weighted by atomic mass is 10.1. The van der Waals surface area contributed by atoms with E-state index in [4.69, 9.17) is 11.6 Å². The summed E-state index contributed by atoms with van der Waals surface area (Å²) in [7, 11) is -3.61. The van der Waals surface area contributed by atoms with Gasteiger partial charge in [-0.3, -0.25) is 4.28 Å². The Balaban J connectivity index is 2.84. The molecule has 4 nitrogen and oxygen atoms in total. The molecule has 0 N–H and O–H groups in total. The van der Waals surface area contributed by atoms with Gasteiger partial charge in [0.05, 0.1) is 6.26 Å². The van der Waals surface area contributed by atoms with E-state index >= 15 is 0 Å². The van der Waals surface area contributed by atoms with Crippen molar-refractivity contribution >= 4 is 26.9 Å². The van der Waals surface area contributed by atoms with E-state index in [-0.39, 0.29) is 5.17 Å². The van der Waals surface area contributed by atoms with Gasteiger partial charge in [-0.05, 0) is 12.0 Å². The highest BCUT2D eigenvalue weighted by molar-refractivity contribution is 7.85. The van der Waals surface area contributed by atoms with Gasteiger partial charge in [0.15, 0.2) is 5.17 Å². The molecule has 16 heavy (non-hydrogen) atoms. The molecule has 0 spiro atoms. The SMILES string of the molecule is CCc1ccc(C(Cl)=NOS(C)(=O)=O)cc1. The van der Waals surface area contributed by atoms with Crippen LogP contribution in [0.3, 0.4) is 0 Å². The first-order valence-electron chi connectivity index (χ1n) is 4.64. The summed E-state index contributed by atoms with van der Waals surface area (Å²) >= 11 is 5.77. The molecule has 1 rings (SSSR count). The Kier molecular flexibility index (Phi) is 4.32. The Morgan fingerprint density at radius 3 is 2.38 bits per heavy atom. The van der Waals surface area contributed by atoms with Gasteiger partial charge in [-0.2, -0.15) is 8.42 Å². The van der Waals surface area contributed by atoms with Gasteiger partial charge in [0.25, 0.3) is 0 Å². The van der Waals surface area contributed by atoms with Crippen molar-refractivity contribution in [3.63, 3.8) is 0 Å². The van der Waals surface area contributed by atoms with E-state index in [2.05, 4.69) is 9.44 Å². The molecule has 0 aliphatic rings. The first-order valence-corrected chi connectivity index (χ1v) is 6.83. The summed E-state index contributed by atoms with van der Waals surface area (Å²) in [5.41, 5.74) is 1.78. The van der Waals surface area contributed by atoms with Gasteiger partial charge in [-0.1, -0.05) is 47.9 Å². The van der Waals surface area contributed by atoms with Crippen LogP contribution in [0.5, 0.6) is 0 Å². The number of hydrogen-bond acceptors (Lipinski definition) is 4. The number of nitrogens with zero attached hydrogens (tertiary/aromatic N) is 1. The molecule has 0 radical (unpaired) electrons. The van der Waals surface area contributed by atoms with Gasteiger partial charge in [0.2, 0.25) is 0 Å². The average molecular weight is 262 g/mol. The third kappa shape index (κ3) is 4.20. The Bertz CT molecular complexity index is 479. The highest BCUT2D eigenvalue weighted by Gasteiger charge is 2.04. The minimum atomic E-state index is -3.61. The summed E-state index contributed by atoms with van der Waals surface area (Å²) in [6.07, 6.45) is 1.83. The lowest BCUT2D eigenvalue weighted by Gasteiger charge is -2.00. The van der Waals surface area contributed by atoms with Gasteiger partial charge in [-0.15, -0.1) is 0 Å². The number of benzene rings is 1. The second kappa shape index (κ2) is 5.32. The maximum atomic E-state index is 10.7. The fraction of sp³-hybridized carbons (Fsp3) is 0.300. The van der Waals surface area contributed by atoms with Crippen LogP contribution in [0.4, 0.5) is 0 Å². The normalized spacial score (nSPS) is 12.6. The third-order valence-electron chi connectivity index (χ3n) is 1.85. The van der Waals surface area contributed by atoms with E-state index in [0.717, 1.165) is 18.2 Å². The van der Waals surface area contributed by atoms with Crippen molar-refractivity contribution in [2.45, 2.75) is 13.3 Å². The largest absolute Gasteiger partial charge is 0.325 e. The maximum Gasteiger partial charge on any atom is 0.325 e. The molecule has 0 atom stereocenters. The van der Waals surface area contributed by atoms with Gasteiger partial charge in [0.1, 0.15) is 0 Å². The first-order chi connectivity index (χ1) is 7.42. The second-order valence-corrected chi connectivity index (χ2v) is 5.13. The van der Waals surface area contributed by atoms with Crippen LogP contribution in [0.2, 0.25) is 0 Å². The van der Waals surface area contributed by atoms with Crippen LogP contribution in [-0.4, -0.2) is 19.8 Å². The molecular formula is C10H12ClNO3S. The zero-order valence-corrected chi connectivity index (χ0v) is 10.5. The quantitative estimate of drug-likeness (QED) is 0.616. The van der Waals surface area contributed by atoms with E-state index in [9.17, 15) is 8.42 Å². The lowest BCUT2D eigenvalue weighted by Crippen LogP contribution is -2.00. The van der Waals surface area contributed by atoms with Crippen LogP contribution in [0.25, 0.3) is 0 Å². The molecule has 6 heteroatoms. The molecule has 0 amide bonds. The van der Waals surface area contributed by atoms with Crippen LogP contribution in [0.1, 0.15) is 18.1 Å². The summed E-state index contributed by atoms with van der Waals surface area (Å²) in [5.74, 6) is 0. The second-order valence-electron chi connectivity index (χ2n) is 3.21. The smallest absolute Gasteiger partial charge is 0.267 e. The Morgan fingerprint density at radius 1 is 1.38 bits per heavy atom. The number of rotatable bonds is 4. The fourth-order valence-corrected chi connectivity index (χ4v) is 1.44. The summed E-state index contributed by atoms with van der Waals surface area (Å²) in [5, 5.41) is 3.32. The summed E-state index contributed by atoms with van der Waals surface area (Å²) in [4.78, 5) is 0. The average Bonchev–Trinajstić information content (AvgIpc) is 2.25. The maximum absolute atomic E-state index is 10.7. The van der Waals surface area contributed by atoms with E-state index in [1.54, 1.807) is 12.1 Å². The summed E-state index contributed by atoms with van der Waals surface area (Å²) in [6.45, 7) is 2.04. The van der Waals surface area contributed by atoms with Gasteiger partial charge in [-0.25, -0.2) is 0 Å². The molecule has 0 aliphatic carbocycles. The molecule has 1 aromatic carbocycles. The highest BCUT2D eigenvalue weighted by Crippen LogP contribution is 2.09. The van der Waals surface area contributed by atoms with Crippen molar-refractivity contribution in [3.8, 4) is 0 Å². The number of aryl methyl sites for hydroxylation is 1. The van der Waals surface area contributed by atoms with Gasteiger partial charge < -0.3 is 0 Å². The highest BCUT2D eigenvalue weighted by atomic mass is 35.5. The fourth-order valence-electron chi connectivity index (χ4n) is 1.03. The zero-order chi connectivity index (χ0) is 12.2. The van der Waals surface area contributed by atoms with E-state index in [0.29, 0.717) is 5.56 Å². The third-order valence-corrected chi connectivity index (χ3v) is 2.49. The molecule has 1 aromatic rings. The van der Waals surface area contributed by atoms with Crippen molar-refractivity contribution < 1.29 is 12.7 Å². The lowest BCUT2D eigenvalue weighted by molar-refractivity contribution is 0.344. The van der Waals surface area contributed by atoms with Crippen LogP contribution < -0.4 is 0 Å². The molecule has 0 bridgehead atoms. The minimum Gasteiger partial charge on any atom is -0.267 e. The van der Waals surface area contributed by atoms with Crippen LogP contribution in [0.15, 0.2) is 29.4 Å². The molecular weight excluding hydrogens is 250 g/mol. The van der Waals surface area contributed by atoms with Crippen LogP contribution in [0, 0.1) is 0 Å². The predicted molar refractivity (Wildman–Crippen MR) is 64.1 cm³/mol. The molecule has 0 unspecified atom stereocenters. The van der Waals surface area contributed by atoms with Gasteiger partial charge in [0, 0.05) is 5.56 Å². The van der Waals surface area contributed by atoms with Crippen LogP contribution >= 0.6 is 11.6 Å². The molecule has 0 saturated carbocycles. The van der Waals surface area contributed by atoms with Crippen LogP contribution in [-0.2, 0) is 20.8 Å². The topological polar surface area (TPSA) is 55.7 Å². The monoisotopic (exact) mass is 261 g/mol. The molecule has 0 aromatic heterocycles. The Morgan fingerprint density at radius 2 is 1.94 bits per heavy atom. The zero-order valence-electron chi connectivity index (χ0n) is 8.97. The standard InChI is InChI=1S/C10H12ClNO3S/c1-3-8-4-6-9(7-5-8)10(11)12-15-16(2,13)14/h4-7H,3H2,1-2H3. The van der Waals surface area contributed by atoms with Crippen molar-refractivity contribution in [2.75, 3.05) is 6.26 Å². The van der Waals surface area contributed by atoms with Gasteiger partial charge >= 0.3 is 10.1 Å². The molecule has 0 fully saturated rings. The molecule has 0 saturated heterocycles. The first kappa shape index (κ1) is 13.0. The molecule has 0 heterocycles. The van der Waals surface area contributed by atoms with Crippen molar-refractivity contribution in [1.29, 1.82) is 0 Å². The Labute approximate surface area is 100.0 Å². The predicted octanol–water partition coefficient (Wildman–Crippen LogP) is 2.13. The number of halogens is 1. The van der Waals surface area contributed by atoms with E-state index in [1.807, 2.05) is 19.1 Å². The number of hydrogen-bond donors (Lipinski definition) is 0. The van der Waals surface area contributed by atoms with Crippen molar-refractivity contribution in [3.05, 3.63) is 35.4 Å². The summed E-state index contributed by atoms with van der Waals surface area (Å²) in [6, 6.07) is 7.31. The van der Waals surface area contributed by atoms with Crippen molar-refractivity contribution in [1.82, 2.24) is 0 Å². The molecule has 88 valence electrons. The molecule has 0 aliphatic heterocycles. The van der Waals surface area contributed by atoms with E-state index < -0.39 is 10.1 Å². The van der Waals surface area contributed by atoms with Crippen molar-refractivity contribution in [2.24, 2.45) is 5.16 Å². The summed E-state index contributed by atoms with van der Waals surface area (Å²) < 4.78 is 25.6. The number of oxime groups is 1. The Hall–Kier alpha value is -1.07. The minimum absolute atomic E-state index is 0.00748. The van der Waals surface area contributed by atoms with E-state index in [1.165, 1.54) is 0 Å².